The van der Waals surface area contributed by atoms with Gasteiger partial charge in [0.05, 0.1) is 24.4 Å². The van der Waals surface area contributed by atoms with E-state index in [1.165, 1.54) is 18.4 Å². The van der Waals surface area contributed by atoms with Gasteiger partial charge in [0, 0.05) is 31.2 Å². The molecular formula is C31H41N5O3. The number of methoxy groups -OCH3 is 1. The Labute approximate surface area is 232 Å². The molecule has 1 aromatic heterocycles. The number of carbonyl (C=O) groups excluding carboxylic acids is 1. The third kappa shape index (κ3) is 7.08. The molecule has 1 aliphatic carbocycles. The molecule has 4 rings (SSSR count). The number of rotatable bonds is 8. The molecule has 1 saturated heterocycles. The third-order valence-corrected chi connectivity index (χ3v) is 7.28. The highest BCUT2D eigenvalue weighted by Crippen LogP contribution is 2.45. The van der Waals surface area contributed by atoms with Gasteiger partial charge in [-0.3, -0.25) is 0 Å². The molecule has 1 atom stereocenters. The topological polar surface area (TPSA) is 91.6 Å². The van der Waals surface area contributed by atoms with E-state index in [2.05, 4.69) is 30.9 Å². The molecule has 0 unspecified atom stereocenters. The van der Waals surface area contributed by atoms with E-state index in [9.17, 15) is 10.1 Å². The van der Waals surface area contributed by atoms with Gasteiger partial charge in [0.15, 0.2) is 0 Å². The minimum atomic E-state index is -0.516. The Morgan fingerprint density at radius 3 is 2.56 bits per heavy atom. The fraction of sp³-hybridized carbons (Fsp3) is 0.548. The van der Waals surface area contributed by atoms with Crippen LogP contribution in [-0.2, 0) is 17.6 Å². The van der Waals surface area contributed by atoms with Crippen molar-refractivity contribution in [1.29, 1.82) is 5.26 Å². The molecule has 2 aliphatic rings. The lowest BCUT2D eigenvalue weighted by molar-refractivity contribution is 0.0218. The molecule has 1 aromatic carbocycles. The third-order valence-electron chi connectivity index (χ3n) is 7.28. The smallest absolute Gasteiger partial charge is 0.410 e. The first-order valence-electron chi connectivity index (χ1n) is 14.0. The number of piperazine rings is 1. The van der Waals surface area contributed by atoms with Gasteiger partial charge >= 0.3 is 6.09 Å². The van der Waals surface area contributed by atoms with Crippen LogP contribution >= 0.6 is 0 Å². The van der Waals surface area contributed by atoms with E-state index in [4.69, 9.17) is 19.4 Å². The fourth-order valence-electron chi connectivity index (χ4n) is 5.30. The number of aryl methyl sites for hydroxylation is 2. The first kappa shape index (κ1) is 28.4. The van der Waals surface area contributed by atoms with Crippen LogP contribution in [-0.4, -0.2) is 59.3 Å². The van der Waals surface area contributed by atoms with Gasteiger partial charge in [0.25, 0.3) is 0 Å². The SMILES string of the molecule is C/C=C(\c1c(CCCc2cc(C#N)cc(OC)c2)ncnc1N1CCN(C(=O)OC(C)(C)C)C[C@@H]1C)C1CC1. The van der Waals surface area contributed by atoms with Gasteiger partial charge in [0.1, 0.15) is 23.5 Å². The summed E-state index contributed by atoms with van der Waals surface area (Å²) in [4.78, 5) is 26.4. The Morgan fingerprint density at radius 2 is 1.95 bits per heavy atom. The van der Waals surface area contributed by atoms with E-state index in [1.54, 1.807) is 24.4 Å². The highest BCUT2D eigenvalue weighted by molar-refractivity contribution is 5.79. The zero-order valence-corrected chi connectivity index (χ0v) is 24.2. The number of ether oxygens (including phenoxy) is 2. The van der Waals surface area contributed by atoms with Crippen LogP contribution in [0.15, 0.2) is 30.6 Å². The monoisotopic (exact) mass is 531 g/mol. The molecule has 1 aliphatic heterocycles. The summed E-state index contributed by atoms with van der Waals surface area (Å²) in [6.45, 7) is 11.8. The van der Waals surface area contributed by atoms with Crippen molar-refractivity contribution in [2.75, 3.05) is 31.6 Å². The zero-order chi connectivity index (χ0) is 28.2. The van der Waals surface area contributed by atoms with Crippen molar-refractivity contribution in [1.82, 2.24) is 14.9 Å². The Morgan fingerprint density at radius 1 is 1.18 bits per heavy atom. The molecule has 0 N–H and O–H groups in total. The lowest BCUT2D eigenvalue weighted by Crippen LogP contribution is -2.55. The number of benzene rings is 1. The number of hydrogen-bond acceptors (Lipinski definition) is 7. The standard InChI is InChI=1S/C31H41N5O3/c1-7-26(24-11-12-24)28-27(10-8-9-22-15-23(18-32)17-25(16-22)38-6)33-20-34-29(28)36-14-13-35(19-21(36)2)30(37)39-31(3,4)5/h7,15-17,20-21,24H,8-14,19H2,1-6H3/b26-7-/t21-/m0/s1. The molecule has 0 radical (unpaired) electrons. The summed E-state index contributed by atoms with van der Waals surface area (Å²) in [5, 5.41) is 9.38. The van der Waals surface area contributed by atoms with Crippen LogP contribution < -0.4 is 9.64 Å². The van der Waals surface area contributed by atoms with Crippen LogP contribution in [0.4, 0.5) is 10.6 Å². The van der Waals surface area contributed by atoms with Crippen molar-refractivity contribution in [3.63, 3.8) is 0 Å². The van der Waals surface area contributed by atoms with Crippen molar-refractivity contribution in [2.45, 2.75) is 78.4 Å². The van der Waals surface area contributed by atoms with Gasteiger partial charge in [-0.1, -0.05) is 6.08 Å². The number of amides is 1. The van der Waals surface area contributed by atoms with Crippen molar-refractivity contribution >= 4 is 17.5 Å². The molecular weight excluding hydrogens is 490 g/mol. The molecule has 2 fully saturated rings. The van der Waals surface area contributed by atoms with E-state index >= 15 is 0 Å². The predicted octanol–water partition coefficient (Wildman–Crippen LogP) is 5.79. The predicted molar refractivity (Wildman–Crippen MR) is 153 cm³/mol. The van der Waals surface area contributed by atoms with Crippen LogP contribution in [0, 0.1) is 17.2 Å². The molecule has 1 amide bonds. The van der Waals surface area contributed by atoms with Crippen LogP contribution in [0.2, 0.25) is 0 Å². The average Bonchev–Trinajstić information content (AvgIpc) is 3.74. The minimum Gasteiger partial charge on any atom is -0.497 e. The normalized spacial score (nSPS) is 18.1. The Kier molecular flexibility index (Phi) is 8.79. The van der Waals surface area contributed by atoms with Crippen molar-refractivity contribution in [2.24, 2.45) is 5.92 Å². The summed E-state index contributed by atoms with van der Waals surface area (Å²) >= 11 is 0. The summed E-state index contributed by atoms with van der Waals surface area (Å²) in [6, 6.07) is 8.01. The lowest BCUT2D eigenvalue weighted by atomic mass is 9.95. The van der Waals surface area contributed by atoms with Gasteiger partial charge in [-0.05, 0) is 102 Å². The van der Waals surface area contributed by atoms with Gasteiger partial charge in [-0.25, -0.2) is 14.8 Å². The number of carbonyl (C=O) groups is 1. The second kappa shape index (κ2) is 12.1. The van der Waals surface area contributed by atoms with Crippen molar-refractivity contribution in [3.05, 3.63) is 53.0 Å². The first-order valence-corrected chi connectivity index (χ1v) is 14.0. The largest absolute Gasteiger partial charge is 0.497 e. The van der Waals surface area contributed by atoms with E-state index in [0.717, 1.165) is 41.9 Å². The molecule has 2 aromatic rings. The van der Waals surface area contributed by atoms with Crippen LogP contribution in [0.1, 0.15) is 76.3 Å². The van der Waals surface area contributed by atoms with E-state index < -0.39 is 5.60 Å². The van der Waals surface area contributed by atoms with Crippen LogP contribution in [0.25, 0.3) is 5.57 Å². The number of aromatic nitrogens is 2. The second-order valence-corrected chi connectivity index (χ2v) is 11.5. The molecule has 8 heteroatoms. The number of nitriles is 1. The molecule has 208 valence electrons. The summed E-state index contributed by atoms with van der Waals surface area (Å²) in [5.41, 5.74) is 4.73. The van der Waals surface area contributed by atoms with Gasteiger partial charge in [-0.2, -0.15) is 5.26 Å². The van der Waals surface area contributed by atoms with E-state index in [0.29, 0.717) is 36.9 Å². The maximum Gasteiger partial charge on any atom is 0.410 e. The highest BCUT2D eigenvalue weighted by atomic mass is 16.6. The molecule has 0 bridgehead atoms. The Bertz CT molecular complexity index is 1260. The lowest BCUT2D eigenvalue weighted by Gasteiger charge is -2.41. The Hall–Kier alpha value is -3.60. The molecule has 0 spiro atoms. The van der Waals surface area contributed by atoms with Crippen LogP contribution in [0.3, 0.4) is 0 Å². The zero-order valence-electron chi connectivity index (χ0n) is 24.2. The number of hydrogen-bond donors (Lipinski definition) is 0. The van der Waals surface area contributed by atoms with Gasteiger partial charge < -0.3 is 19.3 Å². The van der Waals surface area contributed by atoms with Crippen molar-refractivity contribution < 1.29 is 14.3 Å². The second-order valence-electron chi connectivity index (χ2n) is 11.5. The Balaban J connectivity index is 1.55. The number of allylic oxidation sites excluding steroid dienone is 2. The number of nitrogens with zero attached hydrogens (tertiary/aromatic N) is 5. The van der Waals surface area contributed by atoms with Gasteiger partial charge in [0.2, 0.25) is 0 Å². The maximum absolute atomic E-state index is 12.7. The fourth-order valence-corrected chi connectivity index (χ4v) is 5.30. The molecule has 1 saturated carbocycles. The number of anilines is 1. The van der Waals surface area contributed by atoms with E-state index in [1.807, 2.05) is 32.9 Å². The maximum atomic E-state index is 12.7. The summed E-state index contributed by atoms with van der Waals surface area (Å²) in [7, 11) is 1.62. The summed E-state index contributed by atoms with van der Waals surface area (Å²) in [5.74, 6) is 2.22. The minimum absolute atomic E-state index is 0.0891. The molecule has 39 heavy (non-hydrogen) atoms. The van der Waals surface area contributed by atoms with Crippen LogP contribution in [0.5, 0.6) is 5.75 Å². The molecule has 8 nitrogen and oxygen atoms in total. The highest BCUT2D eigenvalue weighted by Gasteiger charge is 2.35. The average molecular weight is 532 g/mol. The quantitative estimate of drug-likeness (QED) is 0.426. The van der Waals surface area contributed by atoms with E-state index in [-0.39, 0.29) is 12.1 Å². The van der Waals surface area contributed by atoms with Crippen molar-refractivity contribution in [3.8, 4) is 11.8 Å². The molecule has 2 heterocycles. The summed E-state index contributed by atoms with van der Waals surface area (Å²) < 4.78 is 11.0. The first-order chi connectivity index (χ1) is 18.6. The summed E-state index contributed by atoms with van der Waals surface area (Å²) in [6.07, 6.45) is 8.55. The van der Waals surface area contributed by atoms with Gasteiger partial charge in [-0.15, -0.1) is 0 Å².